The van der Waals surface area contributed by atoms with Crippen LogP contribution in [0.2, 0.25) is 30.1 Å². The van der Waals surface area contributed by atoms with Crippen LogP contribution in [0.4, 0.5) is 0 Å². The monoisotopic (exact) mass is 1340 g/mol. The van der Waals surface area contributed by atoms with Gasteiger partial charge in [0.2, 0.25) is 35.3 Å². The number of benzene rings is 7. The van der Waals surface area contributed by atoms with Gasteiger partial charge in [0.25, 0.3) is 5.91 Å². The molecule has 0 saturated heterocycles. The molecule has 0 saturated carbocycles. The summed E-state index contributed by atoms with van der Waals surface area (Å²) in [5.74, 6) is -11.8. The molecule has 1 aromatic heterocycles. The Morgan fingerprint density at radius 3 is 1.73 bits per heavy atom. The van der Waals surface area contributed by atoms with Gasteiger partial charge in [-0.2, -0.15) is 0 Å². The number of aromatic amines is 1. The first-order chi connectivity index (χ1) is 42.8. The number of nitrogens with zero attached hydrogens (tertiary/aromatic N) is 1. The number of carbonyl (C=O) groups is 8. The lowest BCUT2D eigenvalue weighted by atomic mass is 9.94. The van der Waals surface area contributed by atoms with Gasteiger partial charge in [-0.3, -0.25) is 33.6 Å². The van der Waals surface area contributed by atoms with E-state index in [9.17, 15) is 44.7 Å². The summed E-state index contributed by atoms with van der Waals surface area (Å²) < 4.78 is 11.4. The van der Waals surface area contributed by atoms with Gasteiger partial charge < -0.3 is 71.5 Å². The van der Waals surface area contributed by atoms with Crippen molar-refractivity contribution in [3.63, 3.8) is 0 Å². The molecule has 8 aromatic rings. The van der Waals surface area contributed by atoms with Gasteiger partial charge in [-0.05, 0) is 118 Å². The topological polar surface area (TPSA) is 335 Å². The highest BCUT2D eigenvalue weighted by molar-refractivity contribution is 6.45. The van der Waals surface area contributed by atoms with Crippen molar-refractivity contribution in [3.8, 4) is 51.4 Å². The minimum absolute atomic E-state index is 0.00773. The number of fused-ring (bicyclic) bond motifs is 15. The molecule has 28 heteroatoms. The van der Waals surface area contributed by atoms with Crippen LogP contribution in [0.25, 0.3) is 22.0 Å². The van der Waals surface area contributed by atoms with Crippen LogP contribution in [0.1, 0.15) is 67.9 Å². The number of carbonyl (C=O) groups excluding carboxylic acids is 8. The number of aromatic nitrogens is 1. The number of phenols is 5. The second-order valence-corrected chi connectivity index (χ2v) is 23.2. The lowest BCUT2D eigenvalue weighted by Gasteiger charge is -2.33. The first kappa shape index (κ1) is 63.6. The SMILES string of the molecule is COC(=O)[C@H](NC(=O)[C@@H]1Cc2ccc(cc2)Oc2cc3cc(c2O)-c2ccc4c(c[nH]c4c2)C[C@@H](NC(=O)C(=O)c2cc(Cl)c(O)c(Cl)c2)C(=O)N[C@H](c2cc(Cl)c(O)c(Cl)c2)C(=O)N[C@H]3C(=O)N[C@H](c2cc(Cl)c(O)c(Cl)c2)C(=O)N1C)c1ccc(O)cc1. The molecule has 4 aliphatic rings. The van der Waals surface area contributed by atoms with E-state index in [0.717, 1.165) is 48.4 Å². The first-order valence-corrected chi connectivity index (χ1v) is 29.0. The fraction of sp³-hybridized carbons (Fsp3) is 0.161. The summed E-state index contributed by atoms with van der Waals surface area (Å²) in [6, 6.07) is 14.3. The molecule has 90 heavy (non-hydrogen) atoms. The van der Waals surface area contributed by atoms with Crippen LogP contribution < -0.4 is 31.3 Å². The molecule has 7 aromatic carbocycles. The van der Waals surface area contributed by atoms with Crippen molar-refractivity contribution in [1.82, 2.24) is 36.5 Å². The molecule has 0 spiro atoms. The van der Waals surface area contributed by atoms with Crippen molar-refractivity contribution in [2.45, 2.75) is 49.1 Å². The highest BCUT2D eigenvalue weighted by Gasteiger charge is 2.40. The summed E-state index contributed by atoms with van der Waals surface area (Å²) in [4.78, 5) is 122. The third-order valence-corrected chi connectivity index (χ3v) is 16.8. The van der Waals surface area contributed by atoms with E-state index in [1.54, 1.807) is 30.3 Å². The second kappa shape index (κ2) is 26.0. The van der Waals surface area contributed by atoms with E-state index < -0.39 is 133 Å². The Hall–Kier alpha value is -9.42. The van der Waals surface area contributed by atoms with Crippen molar-refractivity contribution in [2.24, 2.45) is 0 Å². The molecule has 0 radical (unpaired) electrons. The van der Waals surface area contributed by atoms with Crippen LogP contribution in [0.3, 0.4) is 0 Å². The second-order valence-electron chi connectivity index (χ2n) is 20.8. The van der Waals surface area contributed by atoms with Crippen molar-refractivity contribution in [1.29, 1.82) is 0 Å². The van der Waals surface area contributed by atoms with Gasteiger partial charge in [-0.25, -0.2) is 4.79 Å². The highest BCUT2D eigenvalue weighted by Crippen LogP contribution is 2.45. The molecule has 11 N–H and O–H groups in total. The maximum Gasteiger partial charge on any atom is 0.333 e. The number of hydrogen-bond acceptors (Lipinski definition) is 15. The van der Waals surface area contributed by atoms with E-state index >= 15 is 19.2 Å². The number of ketones is 1. The van der Waals surface area contributed by atoms with Crippen molar-refractivity contribution in [3.05, 3.63) is 191 Å². The Balaban J connectivity index is 1.15. The number of amides is 6. The number of ether oxygens (including phenoxy) is 2. The number of esters is 1. The average Bonchev–Trinajstić information content (AvgIpc) is 1.26. The Bertz CT molecular complexity index is 4230. The molecule has 6 atom stereocenters. The molecular weight excluding hydrogens is 1300 g/mol. The fourth-order valence-electron chi connectivity index (χ4n) is 10.3. The summed E-state index contributed by atoms with van der Waals surface area (Å²) in [5, 5.41) is 65.1. The number of Topliss-reactive ketones (excluding diaryl/α,β-unsaturated/α-hetero) is 1. The summed E-state index contributed by atoms with van der Waals surface area (Å²) in [5.41, 5.74) is 0.707. The van der Waals surface area contributed by atoms with Gasteiger partial charge in [-0.1, -0.05) is 106 Å². The molecule has 12 rings (SSSR count). The van der Waals surface area contributed by atoms with Crippen LogP contribution in [0.5, 0.6) is 40.2 Å². The lowest BCUT2D eigenvalue weighted by Crippen LogP contribution is -2.55. The molecule has 9 bridgehead atoms. The van der Waals surface area contributed by atoms with E-state index in [2.05, 4.69) is 31.6 Å². The number of aromatic hydroxyl groups is 5. The summed E-state index contributed by atoms with van der Waals surface area (Å²) in [6.07, 6.45) is 0.837. The van der Waals surface area contributed by atoms with Crippen LogP contribution >= 0.6 is 69.6 Å². The van der Waals surface area contributed by atoms with E-state index in [0.29, 0.717) is 22.0 Å². The summed E-state index contributed by atoms with van der Waals surface area (Å²) >= 11 is 38.1. The lowest BCUT2D eigenvalue weighted by molar-refractivity contribution is -0.147. The Labute approximate surface area is 539 Å². The molecule has 0 fully saturated rings. The molecule has 6 amide bonds. The normalized spacial score (nSPS) is 18.1. The van der Waals surface area contributed by atoms with Gasteiger partial charge in [0.15, 0.2) is 34.8 Å². The van der Waals surface area contributed by atoms with Crippen LogP contribution in [-0.4, -0.2) is 109 Å². The summed E-state index contributed by atoms with van der Waals surface area (Å²) in [7, 11) is 2.32. The Kier molecular flexibility index (Phi) is 18.3. The molecule has 22 nitrogen and oxygen atoms in total. The quantitative estimate of drug-likeness (QED) is 0.0364. The zero-order chi connectivity index (χ0) is 64.7. The predicted octanol–water partition coefficient (Wildman–Crippen LogP) is 9.29. The van der Waals surface area contributed by atoms with Crippen LogP contribution in [-0.2, 0) is 51.1 Å². The van der Waals surface area contributed by atoms with Gasteiger partial charge >= 0.3 is 5.97 Å². The number of nitrogens with one attached hydrogen (secondary N) is 6. The zero-order valence-electron chi connectivity index (χ0n) is 46.5. The number of rotatable bonds is 9. The standard InChI is InChI=1S/C62H47Cl6N7O15/c1-75-45(57(83)74-50(62(88)89-2)26-5-8-33(76)9-6-26)13-25-3-10-34(11-4-25)90-46-23-28-14-36(52(46)78)27-7-12-35-32(24-69-43(35)21-27)22-44(70-60(86)51(77)31-19-41(67)55(81)42(68)20-31)56(82)71-48(29-15-37(63)53(79)38(64)16-29)58(84)72-47(28)59(85)73-49(61(75)87)30-17-39(65)54(80)40(66)18-30/h3-12,14-21,23-24,44-45,47-50,69,76,78-81H,13,22H2,1-2H3,(H,70,86)(H,71,82)(H,72,84)(H,73,85)(H,74,83)/t44-,45+,47-,48-,49-,50-/m1/s1. The minimum atomic E-state index is -2.06. The third-order valence-electron chi connectivity index (χ3n) is 15.1. The number of methoxy groups -OCH3 is 1. The van der Waals surface area contributed by atoms with E-state index in [4.69, 9.17) is 79.1 Å². The van der Waals surface area contributed by atoms with E-state index in [-0.39, 0.29) is 72.7 Å². The molecule has 462 valence electrons. The first-order valence-electron chi connectivity index (χ1n) is 26.8. The average molecular weight is 1340 g/mol. The van der Waals surface area contributed by atoms with Crippen molar-refractivity contribution < 1.29 is 73.4 Å². The maximum absolute atomic E-state index is 15.8. The van der Waals surface area contributed by atoms with Crippen molar-refractivity contribution >= 4 is 128 Å². The smallest absolute Gasteiger partial charge is 0.333 e. The van der Waals surface area contributed by atoms with Crippen molar-refractivity contribution in [2.75, 3.05) is 14.2 Å². The van der Waals surface area contributed by atoms with Gasteiger partial charge in [0.1, 0.15) is 41.7 Å². The number of phenolic OH excluding ortho intramolecular Hbond substituents is 5. The Morgan fingerprint density at radius 2 is 1.16 bits per heavy atom. The van der Waals surface area contributed by atoms with Gasteiger partial charge in [-0.15, -0.1) is 0 Å². The largest absolute Gasteiger partial charge is 0.508 e. The third kappa shape index (κ3) is 13.0. The highest BCUT2D eigenvalue weighted by atomic mass is 35.5. The van der Waals surface area contributed by atoms with Crippen LogP contribution in [0, 0.1) is 0 Å². The summed E-state index contributed by atoms with van der Waals surface area (Å²) in [6.45, 7) is 0. The van der Waals surface area contributed by atoms with Crippen LogP contribution in [0.15, 0.2) is 121 Å². The Morgan fingerprint density at radius 1 is 0.622 bits per heavy atom. The molecule has 0 aliphatic carbocycles. The fourth-order valence-corrected chi connectivity index (χ4v) is 11.8. The molecular formula is C62H47Cl6N7O15. The zero-order valence-corrected chi connectivity index (χ0v) is 51.0. The van der Waals surface area contributed by atoms with E-state index in [1.807, 2.05) is 0 Å². The molecule has 4 aliphatic heterocycles. The number of likely N-dealkylation sites (N-methyl/N-ethyl adjacent to an activating group) is 1. The van der Waals surface area contributed by atoms with E-state index in [1.165, 1.54) is 61.8 Å². The predicted molar refractivity (Wildman–Crippen MR) is 330 cm³/mol. The number of hydrogen-bond donors (Lipinski definition) is 11. The minimum Gasteiger partial charge on any atom is -0.508 e. The number of halogens is 6. The van der Waals surface area contributed by atoms with Gasteiger partial charge in [0.05, 0.1) is 37.2 Å². The number of H-pyrrole nitrogens is 1. The van der Waals surface area contributed by atoms with Gasteiger partial charge in [0, 0.05) is 48.1 Å². The molecule has 5 heterocycles. The maximum atomic E-state index is 15.8. The molecule has 0 unspecified atom stereocenters.